The van der Waals surface area contributed by atoms with Crippen LogP contribution in [0.4, 0.5) is 22.7 Å². The van der Waals surface area contributed by atoms with Crippen molar-refractivity contribution in [2.45, 2.75) is 24.7 Å². The van der Waals surface area contributed by atoms with Gasteiger partial charge in [-0.2, -0.15) is 0 Å². The van der Waals surface area contributed by atoms with Crippen molar-refractivity contribution in [2.24, 2.45) is 0 Å². The topological polar surface area (TPSA) is 190 Å². The van der Waals surface area contributed by atoms with Crippen LogP contribution in [0.15, 0.2) is 83.8 Å². The van der Waals surface area contributed by atoms with E-state index < -0.39 is 36.8 Å². The minimum atomic E-state index is -0.710. The highest BCUT2D eigenvalue weighted by Gasteiger charge is 2.28. The lowest BCUT2D eigenvalue weighted by atomic mass is 9.94. The molecule has 42 heavy (non-hydrogen) atoms. The van der Waals surface area contributed by atoms with Crippen LogP contribution in [0.5, 0.6) is 0 Å². The Morgan fingerprint density at radius 2 is 1.00 bits per heavy atom. The van der Waals surface area contributed by atoms with Gasteiger partial charge in [0.1, 0.15) is 0 Å². The molecule has 0 saturated carbocycles. The van der Waals surface area contributed by atoms with Crippen LogP contribution >= 0.6 is 11.8 Å². The molecule has 0 saturated heterocycles. The first-order chi connectivity index (χ1) is 20.0. The third-order valence-corrected chi connectivity index (χ3v) is 7.15. The van der Waals surface area contributed by atoms with Crippen molar-refractivity contribution in [3.05, 3.63) is 130 Å². The molecule has 0 heterocycles. The third-order valence-electron chi connectivity index (χ3n) is 6.36. The molecule has 0 atom stereocenters. The van der Waals surface area contributed by atoms with Gasteiger partial charge in [0, 0.05) is 47.2 Å². The maximum absolute atomic E-state index is 12.0. The van der Waals surface area contributed by atoms with E-state index >= 15 is 0 Å². The number of hydrogen-bond donors (Lipinski definition) is 0. The van der Waals surface area contributed by atoms with Crippen molar-refractivity contribution in [1.82, 2.24) is 0 Å². The van der Waals surface area contributed by atoms with Gasteiger partial charge in [0.2, 0.25) is 0 Å². The Kier molecular flexibility index (Phi) is 8.67. The number of thioether (sulfide) groups is 1. The largest absolute Gasteiger partial charge is 0.287 e. The van der Waals surface area contributed by atoms with Gasteiger partial charge >= 0.3 is 0 Å². The van der Waals surface area contributed by atoms with Crippen LogP contribution in [-0.4, -0.2) is 24.8 Å². The fourth-order valence-electron chi connectivity index (χ4n) is 4.50. The van der Waals surface area contributed by atoms with Gasteiger partial charge in [-0.3, -0.25) is 45.3 Å². The summed E-state index contributed by atoms with van der Waals surface area (Å²) in [5.41, 5.74) is -1.08. The highest BCUT2D eigenvalue weighted by atomic mass is 32.2. The molecule has 0 amide bonds. The summed E-state index contributed by atoms with van der Waals surface area (Å²) in [7, 11) is 0. The maximum atomic E-state index is 12.0. The van der Waals surface area contributed by atoms with E-state index in [1.807, 2.05) is 0 Å². The molecule has 0 aromatic heterocycles. The molecule has 4 rings (SSSR count). The van der Waals surface area contributed by atoms with Crippen molar-refractivity contribution in [3.63, 3.8) is 0 Å². The fraction of sp³-hybridized carbons (Fsp3) is 0.107. The Morgan fingerprint density at radius 1 is 0.595 bits per heavy atom. The second-order valence-electron chi connectivity index (χ2n) is 9.01. The summed E-state index contributed by atoms with van der Waals surface area (Å²) < 4.78 is 0. The van der Waals surface area contributed by atoms with Gasteiger partial charge in [-0.25, -0.2) is 0 Å². The number of carbonyl (C=O) groups excluding carboxylic acids is 1. The second-order valence-corrected chi connectivity index (χ2v) is 10.3. The van der Waals surface area contributed by atoms with Crippen LogP contribution in [0.2, 0.25) is 0 Å². The van der Waals surface area contributed by atoms with Gasteiger partial charge in [-0.1, -0.05) is 54.2 Å². The normalized spacial score (nSPS) is 10.7. The van der Waals surface area contributed by atoms with E-state index in [9.17, 15) is 45.3 Å². The summed E-state index contributed by atoms with van der Waals surface area (Å²) in [5.74, 6) is 0. The van der Waals surface area contributed by atoms with Crippen molar-refractivity contribution in [2.75, 3.05) is 0 Å². The second kappa shape index (κ2) is 12.3. The molecule has 4 aromatic rings. The van der Waals surface area contributed by atoms with Crippen LogP contribution in [0.3, 0.4) is 0 Å². The molecular weight excluding hydrogens is 568 g/mol. The molecule has 14 heteroatoms. The number of carbonyl (C=O) groups is 1. The number of nitro benzene ring substituents is 4. The van der Waals surface area contributed by atoms with E-state index in [0.717, 1.165) is 36.0 Å². The van der Waals surface area contributed by atoms with E-state index in [0.29, 0.717) is 16.0 Å². The van der Waals surface area contributed by atoms with E-state index in [2.05, 4.69) is 0 Å². The van der Waals surface area contributed by atoms with Gasteiger partial charge in [-0.15, -0.1) is 0 Å². The van der Waals surface area contributed by atoms with Crippen LogP contribution < -0.4 is 0 Å². The van der Waals surface area contributed by atoms with Crippen LogP contribution in [0, 0.1) is 40.5 Å². The Bertz CT molecular complexity index is 1740. The molecule has 13 nitrogen and oxygen atoms in total. The molecule has 0 bridgehead atoms. The summed E-state index contributed by atoms with van der Waals surface area (Å²) >= 11 is 0.962. The van der Waals surface area contributed by atoms with Crippen LogP contribution in [-0.2, 0) is 17.6 Å². The number of aryl methyl sites for hydroxylation is 2. The molecule has 0 aliphatic carbocycles. The SMILES string of the molecule is CC(=O)Sc1ccc(-c2cc([N+](=O)[O-])c(CCc3cc([N+](=O)[O-])c(-c4ccccc4)cc3[N+](=O)[O-])cc2[N+](=O)[O-])cc1. The maximum Gasteiger partial charge on any atom is 0.277 e. The predicted molar refractivity (Wildman–Crippen MR) is 154 cm³/mol. The molecule has 0 fully saturated rings. The fourth-order valence-corrected chi connectivity index (χ4v) is 5.10. The number of hydrogen-bond acceptors (Lipinski definition) is 10. The lowest BCUT2D eigenvalue weighted by Crippen LogP contribution is -2.04. The van der Waals surface area contributed by atoms with Crippen molar-refractivity contribution < 1.29 is 24.5 Å². The molecular formula is C28H20N4O9S. The molecule has 4 aromatic carbocycles. The zero-order valence-electron chi connectivity index (χ0n) is 21.8. The van der Waals surface area contributed by atoms with Crippen LogP contribution in [0.25, 0.3) is 22.3 Å². The van der Waals surface area contributed by atoms with Crippen LogP contribution in [0.1, 0.15) is 18.1 Å². The minimum absolute atomic E-state index is 0.0244. The van der Waals surface area contributed by atoms with E-state index in [-0.39, 0.29) is 45.9 Å². The molecule has 0 spiro atoms. The highest BCUT2D eigenvalue weighted by molar-refractivity contribution is 8.13. The van der Waals surface area contributed by atoms with Gasteiger partial charge in [-0.05, 0) is 36.1 Å². The first-order valence-electron chi connectivity index (χ1n) is 12.2. The lowest BCUT2D eigenvalue weighted by molar-refractivity contribution is -0.389. The molecule has 0 N–H and O–H groups in total. The monoisotopic (exact) mass is 588 g/mol. The van der Waals surface area contributed by atoms with Crippen molar-refractivity contribution in [3.8, 4) is 22.3 Å². The molecule has 0 aliphatic rings. The first kappa shape index (κ1) is 29.5. The summed E-state index contributed by atoms with van der Waals surface area (Å²) in [5, 5.41) is 47.6. The Hall–Kier alpha value is -5.50. The first-order valence-corrected chi connectivity index (χ1v) is 13.0. The van der Waals surface area contributed by atoms with Gasteiger partial charge in [0.05, 0.1) is 30.8 Å². The van der Waals surface area contributed by atoms with Gasteiger partial charge in [0.15, 0.2) is 5.12 Å². The summed E-state index contributed by atoms with van der Waals surface area (Å²) in [6.07, 6.45) is -0.477. The Labute approximate surface area is 241 Å². The smallest absolute Gasteiger partial charge is 0.277 e. The summed E-state index contributed by atoms with van der Waals surface area (Å²) in [6.45, 7) is 1.38. The lowest BCUT2D eigenvalue weighted by Gasteiger charge is -2.10. The summed E-state index contributed by atoms with van der Waals surface area (Å²) in [4.78, 5) is 56.9. The molecule has 0 unspecified atom stereocenters. The van der Waals surface area contributed by atoms with Crippen molar-refractivity contribution >= 4 is 39.6 Å². The van der Waals surface area contributed by atoms with E-state index in [4.69, 9.17) is 0 Å². The number of rotatable bonds is 10. The number of benzene rings is 4. The Balaban J connectivity index is 1.77. The van der Waals surface area contributed by atoms with E-state index in [1.54, 1.807) is 42.5 Å². The van der Waals surface area contributed by atoms with E-state index in [1.165, 1.54) is 19.1 Å². The van der Waals surface area contributed by atoms with Gasteiger partial charge in [0.25, 0.3) is 22.7 Å². The standard InChI is InChI=1S/C28H20N4O9S/c1-17(33)42-22-11-9-19(10-12-22)24-16-26(30(36)37)21(14-28(24)32(40)41)8-7-20-13-27(31(38)39)23(15-25(20)29(34)35)18-5-3-2-4-6-18/h2-6,9-16H,7-8H2,1H3. The Morgan fingerprint density at radius 3 is 1.38 bits per heavy atom. The molecule has 0 aliphatic heterocycles. The molecule has 0 radical (unpaired) electrons. The van der Waals surface area contributed by atoms with Crippen molar-refractivity contribution in [1.29, 1.82) is 0 Å². The average Bonchev–Trinajstić information content (AvgIpc) is 2.95. The highest BCUT2D eigenvalue weighted by Crippen LogP contribution is 2.39. The number of nitrogens with zero attached hydrogens (tertiary/aromatic N) is 4. The minimum Gasteiger partial charge on any atom is -0.287 e. The molecule has 212 valence electrons. The van der Waals surface area contributed by atoms with Gasteiger partial charge < -0.3 is 0 Å². The average molecular weight is 589 g/mol. The zero-order valence-corrected chi connectivity index (χ0v) is 22.6. The predicted octanol–water partition coefficient (Wildman–Crippen LogP) is 7.08. The number of nitro groups is 4. The zero-order chi connectivity index (χ0) is 30.6. The summed E-state index contributed by atoms with van der Waals surface area (Å²) in [6, 6.07) is 18.5. The quantitative estimate of drug-likeness (QED) is 0.105. The third kappa shape index (κ3) is 6.45.